The Hall–Kier alpha value is -2.20. The Morgan fingerprint density at radius 2 is 1.79 bits per heavy atom. The van der Waals surface area contributed by atoms with Crippen molar-refractivity contribution in [2.45, 2.75) is 24.2 Å². The van der Waals surface area contributed by atoms with E-state index in [2.05, 4.69) is 0 Å². The highest BCUT2D eigenvalue weighted by atomic mass is 35.5. The van der Waals surface area contributed by atoms with Gasteiger partial charge in [-0.3, -0.25) is 0 Å². The largest absolute Gasteiger partial charge is 0.462 e. The summed E-state index contributed by atoms with van der Waals surface area (Å²) in [7, 11) is 0. The van der Waals surface area contributed by atoms with Gasteiger partial charge in [0.05, 0.1) is 13.2 Å². The summed E-state index contributed by atoms with van der Waals surface area (Å²) in [5, 5.41) is 9.02. The van der Waals surface area contributed by atoms with Gasteiger partial charge in [0.2, 0.25) is 4.33 Å². The summed E-state index contributed by atoms with van der Waals surface area (Å²) in [6.45, 7) is 3.30. The van der Waals surface area contributed by atoms with Crippen molar-refractivity contribution in [3.63, 3.8) is 0 Å². The van der Waals surface area contributed by atoms with Crippen LogP contribution >= 0.6 is 34.8 Å². The van der Waals surface area contributed by atoms with Gasteiger partial charge in [-0.25, -0.2) is 9.59 Å². The van der Waals surface area contributed by atoms with Gasteiger partial charge in [-0.1, -0.05) is 59.1 Å². The summed E-state index contributed by atoms with van der Waals surface area (Å²) in [5.41, 5.74) is 1.01. The van der Waals surface area contributed by atoms with Gasteiger partial charge in [-0.15, -0.1) is 0 Å². The van der Waals surface area contributed by atoms with Crippen molar-refractivity contribution in [1.29, 1.82) is 5.26 Å². The molecule has 0 saturated heterocycles. The molecule has 1 atom stereocenters. The molecule has 148 valence electrons. The van der Waals surface area contributed by atoms with Crippen molar-refractivity contribution >= 4 is 52.8 Å². The third kappa shape index (κ3) is 4.44. The maximum Gasteiger partial charge on any atom is 0.356 e. The Morgan fingerprint density at radius 1 is 1.18 bits per heavy atom. The SMILES string of the molecule is CCOC(=O)/C(Cl)=C(\C(=O)OCC)N1C=Cc2ccccc2C1C(Cl)(Cl)C#N. The van der Waals surface area contributed by atoms with E-state index in [9.17, 15) is 14.9 Å². The molecule has 0 N–H and O–H groups in total. The van der Waals surface area contributed by atoms with Crippen molar-refractivity contribution in [2.75, 3.05) is 13.2 Å². The lowest BCUT2D eigenvalue weighted by Gasteiger charge is -2.39. The van der Waals surface area contributed by atoms with E-state index < -0.39 is 27.3 Å². The number of fused-ring (bicyclic) bond motifs is 1. The lowest BCUT2D eigenvalue weighted by atomic mass is 9.93. The van der Waals surface area contributed by atoms with Gasteiger partial charge in [0.1, 0.15) is 12.1 Å². The number of alkyl halides is 2. The van der Waals surface area contributed by atoms with Gasteiger partial charge in [-0.05, 0) is 31.1 Å². The molecule has 0 aliphatic carbocycles. The summed E-state index contributed by atoms with van der Waals surface area (Å²) >= 11 is 18.8. The molecular formula is C19H17Cl3N2O4. The zero-order valence-corrected chi connectivity index (χ0v) is 17.4. The minimum Gasteiger partial charge on any atom is -0.462 e. The molecule has 2 rings (SSSR count). The first kappa shape index (κ1) is 22.1. The lowest BCUT2D eigenvalue weighted by Crippen LogP contribution is -2.40. The number of nitrogens with zero attached hydrogens (tertiary/aromatic N) is 2. The number of halogens is 3. The fraction of sp³-hybridized carbons (Fsp3) is 0.316. The van der Waals surface area contributed by atoms with E-state index in [4.69, 9.17) is 44.3 Å². The first-order valence-corrected chi connectivity index (χ1v) is 9.50. The van der Waals surface area contributed by atoms with E-state index >= 15 is 0 Å². The molecule has 0 aromatic heterocycles. The number of nitriles is 1. The highest BCUT2D eigenvalue weighted by molar-refractivity contribution is 6.51. The Kier molecular flexibility index (Phi) is 7.36. The fourth-order valence-electron chi connectivity index (χ4n) is 2.74. The van der Waals surface area contributed by atoms with Gasteiger partial charge in [0, 0.05) is 6.20 Å². The zero-order valence-electron chi connectivity index (χ0n) is 15.1. The molecule has 1 aliphatic rings. The number of hydrogen-bond acceptors (Lipinski definition) is 6. The minimum atomic E-state index is -1.97. The predicted molar refractivity (Wildman–Crippen MR) is 106 cm³/mol. The van der Waals surface area contributed by atoms with Crippen molar-refractivity contribution in [3.8, 4) is 6.07 Å². The van der Waals surface area contributed by atoms with Crippen LogP contribution in [-0.4, -0.2) is 34.4 Å². The summed E-state index contributed by atoms with van der Waals surface area (Å²) in [5.74, 6) is -1.79. The molecule has 0 radical (unpaired) electrons. The minimum absolute atomic E-state index is 0.0410. The molecule has 6 nitrogen and oxygen atoms in total. The van der Waals surface area contributed by atoms with Crippen LogP contribution in [0.15, 0.2) is 41.2 Å². The third-order valence-electron chi connectivity index (χ3n) is 3.87. The molecule has 0 amide bonds. The molecule has 28 heavy (non-hydrogen) atoms. The van der Waals surface area contributed by atoms with Crippen LogP contribution in [0.25, 0.3) is 6.08 Å². The van der Waals surface area contributed by atoms with Crippen molar-refractivity contribution < 1.29 is 19.1 Å². The van der Waals surface area contributed by atoms with Gasteiger partial charge in [0.25, 0.3) is 0 Å². The van der Waals surface area contributed by atoms with Crippen molar-refractivity contribution in [3.05, 3.63) is 52.3 Å². The molecule has 1 heterocycles. The number of carbonyl (C=O) groups excluding carboxylic acids is 2. The van der Waals surface area contributed by atoms with Crippen molar-refractivity contribution in [1.82, 2.24) is 4.90 Å². The monoisotopic (exact) mass is 442 g/mol. The van der Waals surface area contributed by atoms with Crippen LogP contribution in [0.1, 0.15) is 31.0 Å². The van der Waals surface area contributed by atoms with Crippen LogP contribution in [-0.2, 0) is 19.1 Å². The Balaban J connectivity index is 2.70. The van der Waals surface area contributed by atoms with E-state index in [0.29, 0.717) is 5.56 Å². The summed E-state index contributed by atoms with van der Waals surface area (Å²) in [6, 6.07) is 7.85. The molecule has 0 spiro atoms. The molecule has 0 fully saturated rings. The average Bonchev–Trinajstić information content (AvgIpc) is 2.68. The van der Waals surface area contributed by atoms with E-state index in [1.54, 1.807) is 44.2 Å². The van der Waals surface area contributed by atoms with E-state index in [1.165, 1.54) is 11.1 Å². The van der Waals surface area contributed by atoms with Crippen molar-refractivity contribution in [2.24, 2.45) is 0 Å². The molecule has 1 aromatic carbocycles. The lowest BCUT2D eigenvalue weighted by molar-refractivity contribution is -0.142. The molecule has 1 aliphatic heterocycles. The fourth-order valence-corrected chi connectivity index (χ4v) is 3.42. The van der Waals surface area contributed by atoms with Crippen LogP contribution < -0.4 is 0 Å². The zero-order chi connectivity index (χ0) is 20.9. The van der Waals surface area contributed by atoms with Gasteiger partial charge in [0.15, 0.2) is 10.7 Å². The first-order chi connectivity index (χ1) is 13.3. The highest BCUT2D eigenvalue weighted by Gasteiger charge is 2.45. The van der Waals surface area contributed by atoms with E-state index in [1.807, 2.05) is 6.07 Å². The topological polar surface area (TPSA) is 79.6 Å². The number of ether oxygens (including phenoxy) is 2. The second kappa shape index (κ2) is 9.33. The molecule has 1 aromatic rings. The number of carbonyl (C=O) groups is 2. The Morgan fingerprint density at radius 3 is 2.39 bits per heavy atom. The van der Waals surface area contributed by atoms with Gasteiger partial charge < -0.3 is 14.4 Å². The maximum absolute atomic E-state index is 12.6. The quantitative estimate of drug-likeness (QED) is 0.371. The second-order valence-electron chi connectivity index (χ2n) is 5.59. The average molecular weight is 444 g/mol. The molecule has 0 saturated carbocycles. The number of hydrogen-bond donors (Lipinski definition) is 0. The summed E-state index contributed by atoms with van der Waals surface area (Å²) in [6.07, 6.45) is 3.15. The summed E-state index contributed by atoms with van der Waals surface area (Å²) < 4.78 is 7.99. The van der Waals surface area contributed by atoms with Crippen LogP contribution in [0.4, 0.5) is 0 Å². The molecular weight excluding hydrogens is 427 g/mol. The number of rotatable bonds is 6. The summed E-state index contributed by atoms with van der Waals surface area (Å²) in [4.78, 5) is 26.1. The smallest absolute Gasteiger partial charge is 0.356 e. The maximum atomic E-state index is 12.6. The third-order valence-corrected chi connectivity index (χ3v) is 4.78. The highest BCUT2D eigenvalue weighted by Crippen LogP contribution is 2.46. The van der Waals surface area contributed by atoms with Gasteiger partial charge >= 0.3 is 11.9 Å². The normalized spacial score (nSPS) is 16.6. The van der Waals surface area contributed by atoms with Crippen LogP contribution in [0, 0.1) is 11.3 Å². The van der Waals surface area contributed by atoms with Crippen LogP contribution in [0.3, 0.4) is 0 Å². The van der Waals surface area contributed by atoms with Crippen LogP contribution in [0.2, 0.25) is 0 Å². The first-order valence-electron chi connectivity index (χ1n) is 8.37. The molecule has 9 heteroatoms. The Labute approximate surface area is 177 Å². The molecule has 0 bridgehead atoms. The number of benzene rings is 1. The Bertz CT molecular complexity index is 874. The standard InChI is InChI=1S/C19H17Cl3N2O4/c1-3-27-17(25)14(20)15(18(26)28-4-2)24-10-9-12-7-5-6-8-13(12)16(24)19(21,22)11-23/h5-10,16H,3-4H2,1-2H3/b15-14-. The predicted octanol–water partition coefficient (Wildman–Crippen LogP) is 4.29. The van der Waals surface area contributed by atoms with Crippen LogP contribution in [0.5, 0.6) is 0 Å². The number of esters is 2. The van der Waals surface area contributed by atoms with E-state index in [0.717, 1.165) is 5.56 Å². The molecule has 1 unspecified atom stereocenters. The van der Waals surface area contributed by atoms with Gasteiger partial charge in [-0.2, -0.15) is 5.26 Å². The second-order valence-corrected chi connectivity index (χ2v) is 7.36. The van der Waals surface area contributed by atoms with E-state index in [-0.39, 0.29) is 18.9 Å².